The van der Waals surface area contributed by atoms with Crippen LogP contribution in [0.2, 0.25) is 0 Å². The van der Waals surface area contributed by atoms with Crippen molar-refractivity contribution in [1.29, 1.82) is 0 Å². The van der Waals surface area contributed by atoms with Gasteiger partial charge in [-0.15, -0.1) is 0 Å². The summed E-state index contributed by atoms with van der Waals surface area (Å²) in [6.45, 7) is 4.93. The van der Waals surface area contributed by atoms with Crippen LogP contribution in [0, 0.1) is 20.8 Å². The number of aromatic hydroxyl groups is 1. The van der Waals surface area contributed by atoms with Crippen molar-refractivity contribution in [2.24, 2.45) is 0 Å². The number of benzene rings is 2. The summed E-state index contributed by atoms with van der Waals surface area (Å²) in [4.78, 5) is 24.6. The van der Waals surface area contributed by atoms with E-state index in [1.54, 1.807) is 24.6 Å². The number of nitrogens with zero attached hydrogens (tertiary/aromatic N) is 2. The Bertz CT molecular complexity index is 1080. The van der Waals surface area contributed by atoms with Gasteiger partial charge in [-0.3, -0.25) is 4.79 Å². The lowest BCUT2D eigenvalue weighted by Gasteiger charge is -2.10. The Hall–Kier alpha value is -3.13. The number of aryl methyl sites for hydroxylation is 2. The lowest BCUT2D eigenvalue weighted by Crippen LogP contribution is -2.21. The Morgan fingerprint density at radius 1 is 1.17 bits per heavy atom. The van der Waals surface area contributed by atoms with E-state index in [-0.39, 0.29) is 11.3 Å². The number of hydrogen-bond acceptors (Lipinski definition) is 5. The summed E-state index contributed by atoms with van der Waals surface area (Å²) in [7, 11) is 0. The van der Waals surface area contributed by atoms with Gasteiger partial charge < -0.3 is 15.2 Å². The number of halogens is 1. The van der Waals surface area contributed by atoms with Gasteiger partial charge in [0.2, 0.25) is 0 Å². The van der Waals surface area contributed by atoms with Crippen LogP contribution < -0.4 is 5.32 Å². The fourth-order valence-corrected chi connectivity index (χ4v) is 3.49. The molecule has 0 unspecified atom stereocenters. The molecule has 1 heterocycles. The molecule has 150 valence electrons. The first-order valence-corrected chi connectivity index (χ1v) is 9.65. The predicted octanol–water partition coefficient (Wildman–Crippen LogP) is 4.06. The van der Waals surface area contributed by atoms with Crippen LogP contribution >= 0.6 is 15.9 Å². The molecule has 0 saturated carbocycles. The molecule has 0 radical (unpaired) electrons. The number of esters is 1. The molecule has 0 spiro atoms. The van der Waals surface area contributed by atoms with Gasteiger partial charge in [-0.1, -0.05) is 18.2 Å². The highest BCUT2D eigenvalue weighted by Crippen LogP contribution is 2.30. The van der Waals surface area contributed by atoms with Crippen LogP contribution in [0.5, 0.6) is 5.75 Å². The maximum Gasteiger partial charge on any atom is 0.342 e. The standard InChI is InChI=1S/C21H20BrN3O4/c1-12-9-16(20(27)17(22)10-12)21(28)29-11-18(26)23-19-13(2)24-25(14(19)3)15-7-5-4-6-8-15/h4-10,27H,11H2,1-3H3,(H,23,26). The highest BCUT2D eigenvalue weighted by molar-refractivity contribution is 9.10. The van der Waals surface area contributed by atoms with Gasteiger partial charge in [-0.25, -0.2) is 9.48 Å². The van der Waals surface area contributed by atoms with Crippen molar-refractivity contribution in [3.05, 3.63) is 69.5 Å². The molecule has 2 aromatic carbocycles. The van der Waals surface area contributed by atoms with Crippen LogP contribution in [-0.4, -0.2) is 33.4 Å². The second kappa shape index (κ2) is 8.48. The minimum absolute atomic E-state index is 0.00562. The zero-order valence-electron chi connectivity index (χ0n) is 16.2. The fraction of sp³-hybridized carbons (Fsp3) is 0.190. The van der Waals surface area contributed by atoms with Gasteiger partial charge in [0.25, 0.3) is 5.91 Å². The van der Waals surface area contributed by atoms with E-state index >= 15 is 0 Å². The first kappa shape index (κ1) is 20.6. The Labute approximate surface area is 176 Å². The number of amides is 1. The van der Waals surface area contributed by atoms with Crippen LogP contribution in [-0.2, 0) is 9.53 Å². The average molecular weight is 458 g/mol. The van der Waals surface area contributed by atoms with E-state index in [0.29, 0.717) is 15.9 Å². The summed E-state index contributed by atoms with van der Waals surface area (Å²) in [6, 6.07) is 12.7. The number of para-hydroxylation sites is 1. The van der Waals surface area contributed by atoms with E-state index in [9.17, 15) is 14.7 Å². The smallest absolute Gasteiger partial charge is 0.342 e. The molecule has 0 saturated heterocycles. The van der Waals surface area contributed by atoms with Crippen LogP contribution in [0.15, 0.2) is 46.9 Å². The van der Waals surface area contributed by atoms with Crippen molar-refractivity contribution in [2.45, 2.75) is 20.8 Å². The van der Waals surface area contributed by atoms with Crippen LogP contribution in [0.1, 0.15) is 27.3 Å². The molecule has 0 aliphatic carbocycles. The SMILES string of the molecule is Cc1cc(Br)c(O)c(C(=O)OCC(=O)Nc2c(C)nn(-c3ccccc3)c2C)c1. The largest absolute Gasteiger partial charge is 0.506 e. The summed E-state index contributed by atoms with van der Waals surface area (Å²) < 4.78 is 7.18. The molecule has 1 amide bonds. The molecule has 0 fully saturated rings. The minimum Gasteiger partial charge on any atom is -0.506 e. The highest BCUT2D eigenvalue weighted by Gasteiger charge is 2.19. The Kier molecular flexibility index (Phi) is 6.03. The number of phenolic OH excluding ortho intramolecular Hbond substituents is 1. The first-order valence-electron chi connectivity index (χ1n) is 8.85. The molecule has 3 aromatic rings. The molecule has 29 heavy (non-hydrogen) atoms. The van der Waals surface area contributed by atoms with Gasteiger partial charge in [0, 0.05) is 0 Å². The zero-order valence-corrected chi connectivity index (χ0v) is 17.8. The van der Waals surface area contributed by atoms with E-state index in [1.807, 2.05) is 37.3 Å². The number of carbonyl (C=O) groups excluding carboxylic acids is 2. The number of aromatic nitrogens is 2. The van der Waals surface area contributed by atoms with E-state index in [1.165, 1.54) is 6.07 Å². The normalized spacial score (nSPS) is 10.6. The molecule has 3 rings (SSSR count). The maximum absolute atomic E-state index is 12.3. The van der Waals surface area contributed by atoms with Gasteiger partial charge in [0.15, 0.2) is 6.61 Å². The van der Waals surface area contributed by atoms with E-state index in [4.69, 9.17) is 4.74 Å². The molecule has 2 N–H and O–H groups in total. The van der Waals surface area contributed by atoms with Gasteiger partial charge in [0.1, 0.15) is 11.3 Å². The van der Waals surface area contributed by atoms with Gasteiger partial charge in [0.05, 0.1) is 27.2 Å². The Morgan fingerprint density at radius 2 is 1.86 bits per heavy atom. The quantitative estimate of drug-likeness (QED) is 0.563. The molecule has 0 aliphatic heterocycles. The van der Waals surface area contributed by atoms with Crippen molar-refractivity contribution < 1.29 is 19.4 Å². The Balaban J connectivity index is 1.69. The molecule has 8 heteroatoms. The fourth-order valence-electron chi connectivity index (χ4n) is 2.92. The average Bonchev–Trinajstić information content (AvgIpc) is 2.97. The summed E-state index contributed by atoms with van der Waals surface area (Å²) in [5.41, 5.74) is 3.61. The van der Waals surface area contributed by atoms with Gasteiger partial charge in [-0.2, -0.15) is 5.10 Å². The summed E-state index contributed by atoms with van der Waals surface area (Å²) in [5, 5.41) is 17.2. The number of ether oxygens (including phenoxy) is 1. The first-order chi connectivity index (χ1) is 13.8. The van der Waals surface area contributed by atoms with E-state index in [2.05, 4.69) is 26.3 Å². The lowest BCUT2D eigenvalue weighted by atomic mass is 10.1. The summed E-state index contributed by atoms with van der Waals surface area (Å²) in [6.07, 6.45) is 0. The van der Waals surface area contributed by atoms with E-state index < -0.39 is 18.5 Å². The maximum atomic E-state index is 12.3. The van der Waals surface area contributed by atoms with Crippen molar-refractivity contribution in [3.63, 3.8) is 0 Å². The van der Waals surface area contributed by atoms with Crippen molar-refractivity contribution in [1.82, 2.24) is 9.78 Å². The molecule has 0 atom stereocenters. The molecule has 7 nitrogen and oxygen atoms in total. The summed E-state index contributed by atoms with van der Waals surface area (Å²) in [5.74, 6) is -1.50. The van der Waals surface area contributed by atoms with Crippen molar-refractivity contribution >= 4 is 33.5 Å². The number of rotatable bonds is 5. The molecule has 0 bridgehead atoms. The third-order valence-electron chi connectivity index (χ3n) is 4.32. The zero-order chi connectivity index (χ0) is 21.1. The second-order valence-corrected chi connectivity index (χ2v) is 7.41. The van der Waals surface area contributed by atoms with Gasteiger partial charge >= 0.3 is 5.97 Å². The second-order valence-electron chi connectivity index (χ2n) is 6.56. The number of carbonyl (C=O) groups is 2. The molecule has 0 aliphatic rings. The predicted molar refractivity (Wildman–Crippen MR) is 112 cm³/mol. The number of phenols is 1. The minimum atomic E-state index is -0.782. The summed E-state index contributed by atoms with van der Waals surface area (Å²) >= 11 is 3.18. The number of anilines is 1. The van der Waals surface area contributed by atoms with Crippen LogP contribution in [0.3, 0.4) is 0 Å². The topological polar surface area (TPSA) is 93.4 Å². The number of hydrogen-bond donors (Lipinski definition) is 2. The highest BCUT2D eigenvalue weighted by atomic mass is 79.9. The monoisotopic (exact) mass is 457 g/mol. The van der Waals surface area contributed by atoms with Crippen molar-refractivity contribution in [2.75, 3.05) is 11.9 Å². The molecular weight excluding hydrogens is 438 g/mol. The van der Waals surface area contributed by atoms with Crippen LogP contribution in [0.4, 0.5) is 5.69 Å². The number of nitrogens with one attached hydrogen (secondary N) is 1. The van der Waals surface area contributed by atoms with Crippen LogP contribution in [0.25, 0.3) is 5.69 Å². The molecule has 1 aromatic heterocycles. The van der Waals surface area contributed by atoms with Crippen molar-refractivity contribution in [3.8, 4) is 11.4 Å². The molecular formula is C21H20BrN3O4. The third kappa shape index (κ3) is 4.48. The Morgan fingerprint density at radius 3 is 2.55 bits per heavy atom. The van der Waals surface area contributed by atoms with E-state index in [0.717, 1.165) is 16.9 Å². The lowest BCUT2D eigenvalue weighted by molar-refractivity contribution is -0.119. The van der Waals surface area contributed by atoms with Gasteiger partial charge in [-0.05, 0) is 66.5 Å². The third-order valence-corrected chi connectivity index (χ3v) is 4.92.